The number of aromatic nitrogens is 1. The zero-order valence-corrected chi connectivity index (χ0v) is 15.9. The molecule has 0 aliphatic rings. The predicted molar refractivity (Wildman–Crippen MR) is 102 cm³/mol. The second-order valence-corrected chi connectivity index (χ2v) is 6.90. The number of aryl methyl sites for hydroxylation is 1. The Hall–Kier alpha value is -2.57. The second-order valence-electron chi connectivity index (χ2n) is 6.12. The summed E-state index contributed by atoms with van der Waals surface area (Å²) in [4.78, 5) is 23.6. The van der Waals surface area contributed by atoms with Crippen LogP contribution in [0.2, 0.25) is 10.0 Å². The van der Waals surface area contributed by atoms with Crippen LogP contribution in [0.15, 0.2) is 36.4 Å². The fraction of sp³-hybridized carbons (Fsp3) is 0.158. The fourth-order valence-corrected chi connectivity index (χ4v) is 3.31. The van der Waals surface area contributed by atoms with Crippen LogP contribution in [0.1, 0.15) is 39.4 Å². The lowest BCUT2D eigenvalue weighted by Crippen LogP contribution is -2.28. The lowest BCUT2D eigenvalue weighted by atomic mass is 10.0. The van der Waals surface area contributed by atoms with Crippen LogP contribution in [-0.4, -0.2) is 21.6 Å². The van der Waals surface area contributed by atoms with Crippen LogP contribution in [0.5, 0.6) is 0 Å². The number of carbonyl (C=O) groups is 2. The molecule has 0 fully saturated rings. The first-order valence-corrected chi connectivity index (χ1v) is 8.73. The number of carboxylic acids is 1. The monoisotopic (exact) mass is 408 g/mol. The Labute approximate surface area is 164 Å². The fourth-order valence-electron chi connectivity index (χ4n) is 2.93. The maximum absolute atomic E-state index is 14.2. The SMILES string of the molecule is CC(NC(=O)c1cc2c(Cl)c(Cl)ccc2n1C)c1ccc(C(=O)O)cc1F. The molecule has 0 bridgehead atoms. The summed E-state index contributed by atoms with van der Waals surface area (Å²) >= 11 is 12.2. The molecule has 27 heavy (non-hydrogen) atoms. The van der Waals surface area contributed by atoms with Gasteiger partial charge in [0.1, 0.15) is 11.5 Å². The molecule has 0 aliphatic heterocycles. The van der Waals surface area contributed by atoms with E-state index in [1.165, 1.54) is 12.1 Å². The van der Waals surface area contributed by atoms with Crippen molar-refractivity contribution in [1.82, 2.24) is 9.88 Å². The summed E-state index contributed by atoms with van der Waals surface area (Å²) < 4.78 is 15.9. The van der Waals surface area contributed by atoms with Crippen LogP contribution in [0, 0.1) is 5.82 Å². The highest BCUT2D eigenvalue weighted by Gasteiger charge is 2.20. The van der Waals surface area contributed by atoms with Gasteiger partial charge in [-0.05, 0) is 37.3 Å². The van der Waals surface area contributed by atoms with Gasteiger partial charge >= 0.3 is 5.97 Å². The molecule has 5 nitrogen and oxygen atoms in total. The highest BCUT2D eigenvalue weighted by molar-refractivity contribution is 6.45. The van der Waals surface area contributed by atoms with Crippen molar-refractivity contribution in [2.45, 2.75) is 13.0 Å². The van der Waals surface area contributed by atoms with E-state index < -0.39 is 23.7 Å². The smallest absolute Gasteiger partial charge is 0.335 e. The van der Waals surface area contributed by atoms with Gasteiger partial charge in [-0.3, -0.25) is 4.79 Å². The molecule has 0 spiro atoms. The number of carbonyl (C=O) groups excluding carboxylic acids is 1. The normalized spacial score (nSPS) is 12.2. The van der Waals surface area contributed by atoms with Gasteiger partial charge in [0.25, 0.3) is 5.91 Å². The number of nitrogens with zero attached hydrogens (tertiary/aromatic N) is 1. The molecular formula is C19H15Cl2FN2O3. The standard InChI is InChI=1S/C19H15Cl2FN2O3/c1-9(11-4-3-10(19(26)27)7-14(11)22)23-18(25)16-8-12-15(24(16)2)6-5-13(20)17(12)21/h3-9H,1-2H3,(H,23,25)(H,26,27). The first kappa shape index (κ1) is 19.2. The lowest BCUT2D eigenvalue weighted by Gasteiger charge is -2.16. The summed E-state index contributed by atoms with van der Waals surface area (Å²) in [6, 6.07) is 7.93. The minimum Gasteiger partial charge on any atom is -0.478 e. The zero-order chi connectivity index (χ0) is 19.9. The van der Waals surface area contributed by atoms with Crippen molar-refractivity contribution in [3.63, 3.8) is 0 Å². The highest BCUT2D eigenvalue weighted by Crippen LogP contribution is 2.32. The van der Waals surface area contributed by atoms with Crippen LogP contribution in [0.4, 0.5) is 4.39 Å². The van der Waals surface area contributed by atoms with Gasteiger partial charge < -0.3 is 15.0 Å². The van der Waals surface area contributed by atoms with Crippen LogP contribution in [-0.2, 0) is 7.05 Å². The van der Waals surface area contributed by atoms with Crippen molar-refractivity contribution in [2.75, 3.05) is 0 Å². The largest absolute Gasteiger partial charge is 0.478 e. The molecule has 0 aliphatic carbocycles. The molecule has 3 rings (SSSR count). The van der Waals surface area contributed by atoms with E-state index in [0.29, 0.717) is 21.1 Å². The topological polar surface area (TPSA) is 71.3 Å². The van der Waals surface area contributed by atoms with Crippen molar-refractivity contribution >= 4 is 46.0 Å². The number of hydrogen-bond donors (Lipinski definition) is 2. The maximum Gasteiger partial charge on any atom is 0.335 e. The van der Waals surface area contributed by atoms with E-state index in [2.05, 4.69) is 5.32 Å². The van der Waals surface area contributed by atoms with Crippen molar-refractivity contribution < 1.29 is 19.1 Å². The Morgan fingerprint density at radius 1 is 1.19 bits per heavy atom. The molecule has 1 aromatic heterocycles. The summed E-state index contributed by atoms with van der Waals surface area (Å²) in [5.41, 5.74) is 1.10. The average Bonchev–Trinajstić information content (AvgIpc) is 2.95. The van der Waals surface area contributed by atoms with E-state index in [-0.39, 0.29) is 11.1 Å². The maximum atomic E-state index is 14.2. The van der Waals surface area contributed by atoms with Crippen LogP contribution in [0.25, 0.3) is 10.9 Å². The number of halogens is 3. The molecule has 0 saturated heterocycles. The van der Waals surface area contributed by atoms with Gasteiger partial charge in [0.15, 0.2) is 0 Å². The first-order chi connectivity index (χ1) is 12.7. The Bertz CT molecular complexity index is 1080. The molecule has 1 heterocycles. The molecule has 1 atom stereocenters. The molecular weight excluding hydrogens is 394 g/mol. The van der Waals surface area contributed by atoms with Gasteiger partial charge in [0.2, 0.25) is 0 Å². The Morgan fingerprint density at radius 3 is 2.52 bits per heavy atom. The lowest BCUT2D eigenvalue weighted by molar-refractivity contribution is 0.0695. The number of fused-ring (bicyclic) bond motifs is 1. The van der Waals surface area contributed by atoms with Crippen molar-refractivity contribution in [2.24, 2.45) is 7.05 Å². The quantitative estimate of drug-likeness (QED) is 0.650. The Kier molecular flexibility index (Phi) is 5.13. The number of carboxylic acid groups (broad SMARTS) is 1. The third-order valence-corrected chi connectivity index (χ3v) is 5.23. The van der Waals surface area contributed by atoms with Gasteiger partial charge in [-0.15, -0.1) is 0 Å². The van der Waals surface area contributed by atoms with Crippen molar-refractivity contribution in [3.05, 3.63) is 69.1 Å². The van der Waals surface area contributed by atoms with Gasteiger partial charge in [-0.2, -0.15) is 0 Å². The number of rotatable bonds is 4. The van der Waals surface area contributed by atoms with Gasteiger partial charge in [-0.1, -0.05) is 29.3 Å². The highest BCUT2D eigenvalue weighted by atomic mass is 35.5. The van der Waals surface area contributed by atoms with E-state index >= 15 is 0 Å². The molecule has 1 amide bonds. The zero-order valence-electron chi connectivity index (χ0n) is 14.4. The third-order valence-electron chi connectivity index (χ3n) is 4.41. The van der Waals surface area contributed by atoms with E-state index in [4.69, 9.17) is 28.3 Å². The van der Waals surface area contributed by atoms with E-state index in [0.717, 1.165) is 11.6 Å². The number of nitrogens with one attached hydrogen (secondary N) is 1. The number of benzene rings is 2. The average molecular weight is 409 g/mol. The molecule has 2 N–H and O–H groups in total. The molecule has 2 aromatic carbocycles. The van der Waals surface area contributed by atoms with Crippen LogP contribution >= 0.6 is 23.2 Å². The number of hydrogen-bond acceptors (Lipinski definition) is 2. The van der Waals surface area contributed by atoms with E-state index in [9.17, 15) is 14.0 Å². The minimum absolute atomic E-state index is 0.157. The first-order valence-electron chi connectivity index (χ1n) is 7.97. The summed E-state index contributed by atoms with van der Waals surface area (Å²) in [5.74, 6) is -2.34. The third kappa shape index (κ3) is 3.50. The van der Waals surface area contributed by atoms with Crippen LogP contribution < -0.4 is 5.32 Å². The van der Waals surface area contributed by atoms with E-state index in [1.54, 1.807) is 36.7 Å². The molecule has 140 valence electrons. The minimum atomic E-state index is -1.22. The van der Waals surface area contributed by atoms with Gasteiger partial charge in [0.05, 0.1) is 21.7 Å². The Balaban J connectivity index is 1.89. The summed E-state index contributed by atoms with van der Waals surface area (Å²) in [6.45, 7) is 1.61. The van der Waals surface area contributed by atoms with Gasteiger partial charge in [0, 0.05) is 23.5 Å². The van der Waals surface area contributed by atoms with E-state index in [1.807, 2.05) is 0 Å². The van der Waals surface area contributed by atoms with Crippen molar-refractivity contribution in [3.8, 4) is 0 Å². The van der Waals surface area contributed by atoms with Crippen molar-refractivity contribution in [1.29, 1.82) is 0 Å². The summed E-state index contributed by atoms with van der Waals surface area (Å²) in [6.07, 6.45) is 0. The molecule has 0 radical (unpaired) electrons. The molecule has 0 saturated carbocycles. The molecule has 8 heteroatoms. The number of aromatic carboxylic acids is 1. The Morgan fingerprint density at radius 2 is 1.89 bits per heavy atom. The summed E-state index contributed by atoms with van der Waals surface area (Å²) in [7, 11) is 1.72. The van der Waals surface area contributed by atoms with Gasteiger partial charge in [-0.25, -0.2) is 9.18 Å². The molecule has 3 aromatic rings. The number of amides is 1. The summed E-state index contributed by atoms with van der Waals surface area (Å²) in [5, 5.41) is 13.0. The second kappa shape index (κ2) is 7.21. The predicted octanol–water partition coefficient (Wildman–Crippen LogP) is 4.81. The van der Waals surface area contributed by atoms with Crippen LogP contribution in [0.3, 0.4) is 0 Å². The molecule has 1 unspecified atom stereocenters.